The minimum absolute atomic E-state index is 0.105. The van der Waals surface area contributed by atoms with Crippen LogP contribution in [-0.2, 0) is 65.4 Å². The van der Waals surface area contributed by atoms with Gasteiger partial charge in [-0.3, -0.25) is 37.3 Å². The molecule has 6 atom stereocenters. The van der Waals surface area contributed by atoms with E-state index >= 15 is 0 Å². The summed E-state index contributed by atoms with van der Waals surface area (Å²) in [6.07, 6.45) is 56.8. The van der Waals surface area contributed by atoms with Gasteiger partial charge in [0.25, 0.3) is 0 Å². The molecule has 3 unspecified atom stereocenters. The topological polar surface area (TPSA) is 237 Å². The van der Waals surface area contributed by atoms with Gasteiger partial charge in [-0.15, -0.1) is 0 Å². The molecule has 0 spiro atoms. The maximum absolute atomic E-state index is 13.1. The molecule has 0 heterocycles. The Kier molecular flexibility index (Phi) is 68.1. The van der Waals surface area contributed by atoms with Crippen molar-refractivity contribution in [3.8, 4) is 0 Å². The fourth-order valence-electron chi connectivity index (χ4n) is 12.1. The van der Waals surface area contributed by atoms with Crippen molar-refractivity contribution in [3.63, 3.8) is 0 Å². The van der Waals surface area contributed by atoms with Crippen LogP contribution in [0, 0.1) is 17.8 Å². The van der Waals surface area contributed by atoms with Gasteiger partial charge in [0.1, 0.15) is 19.3 Å². The first-order valence-electron chi connectivity index (χ1n) is 40.9. The number of aliphatic hydroxyl groups is 1. The van der Waals surface area contributed by atoms with E-state index in [1.807, 2.05) is 0 Å². The largest absolute Gasteiger partial charge is 0.472 e. The number of phosphoric ester groups is 2. The van der Waals surface area contributed by atoms with Gasteiger partial charge in [0.2, 0.25) is 0 Å². The molecule has 0 radical (unpaired) electrons. The standard InChI is InChI=1S/C79H154O17P2/c1-8-10-11-12-13-14-15-16-17-20-23-26-31-39-46-53-60-76(81)89-66-74(95-78(83)62-55-48-41-32-27-24-21-18-19-22-25-29-36-43-50-57-70(3)4)68-93-97(85,86)91-64-73(80)65-92-98(87,88)94-69-75(96-79(84)63-56-49-42-33-28-30-37-44-51-58-71(5)6)67-90-77(82)61-54-47-40-35-34-38-45-52-59-72(7)9-2/h70-75,80H,8-69H2,1-7H3,(H,85,86)(H,87,88)/t72?,73-,74-,75-/m1/s1. The number of hydrogen-bond donors (Lipinski definition) is 3. The Balaban J connectivity index is 5.26. The van der Waals surface area contributed by atoms with Gasteiger partial charge in [0, 0.05) is 25.7 Å². The lowest BCUT2D eigenvalue weighted by Gasteiger charge is -2.21. The molecule has 582 valence electrons. The van der Waals surface area contributed by atoms with Crippen molar-refractivity contribution in [1.29, 1.82) is 0 Å². The highest BCUT2D eigenvalue weighted by molar-refractivity contribution is 7.47. The third-order valence-electron chi connectivity index (χ3n) is 18.7. The molecule has 0 aliphatic rings. The summed E-state index contributed by atoms with van der Waals surface area (Å²) in [6, 6.07) is 0. The number of phosphoric acid groups is 2. The first-order valence-corrected chi connectivity index (χ1v) is 43.9. The highest BCUT2D eigenvalue weighted by Crippen LogP contribution is 2.45. The molecule has 0 aromatic heterocycles. The van der Waals surface area contributed by atoms with Crippen LogP contribution in [0.2, 0.25) is 0 Å². The second-order valence-corrected chi connectivity index (χ2v) is 32.6. The summed E-state index contributed by atoms with van der Waals surface area (Å²) in [5.74, 6) is 0.203. The van der Waals surface area contributed by atoms with Crippen LogP contribution in [0.15, 0.2) is 0 Å². The predicted octanol–water partition coefficient (Wildman–Crippen LogP) is 23.4. The molecule has 0 saturated heterocycles. The van der Waals surface area contributed by atoms with Crippen molar-refractivity contribution < 1.29 is 80.2 Å². The van der Waals surface area contributed by atoms with Crippen LogP contribution < -0.4 is 0 Å². The van der Waals surface area contributed by atoms with Crippen LogP contribution >= 0.6 is 15.6 Å². The number of rotatable bonds is 77. The van der Waals surface area contributed by atoms with Gasteiger partial charge >= 0.3 is 39.5 Å². The van der Waals surface area contributed by atoms with Crippen LogP contribution in [-0.4, -0.2) is 96.7 Å². The molecule has 0 saturated carbocycles. The van der Waals surface area contributed by atoms with Crippen LogP contribution in [0.5, 0.6) is 0 Å². The predicted molar refractivity (Wildman–Crippen MR) is 400 cm³/mol. The minimum Gasteiger partial charge on any atom is -0.462 e. The Morgan fingerprint density at radius 3 is 0.776 bits per heavy atom. The highest BCUT2D eigenvalue weighted by atomic mass is 31.2. The molecule has 17 nitrogen and oxygen atoms in total. The van der Waals surface area contributed by atoms with Crippen molar-refractivity contribution in [2.45, 2.75) is 426 Å². The lowest BCUT2D eigenvalue weighted by Crippen LogP contribution is -2.30. The number of ether oxygens (including phenoxy) is 4. The number of esters is 4. The number of carbonyl (C=O) groups is 4. The van der Waals surface area contributed by atoms with E-state index in [-0.39, 0.29) is 25.7 Å². The van der Waals surface area contributed by atoms with E-state index in [4.69, 9.17) is 37.0 Å². The SMILES string of the molecule is CCCCCCCCCCCCCCCCCCC(=O)OC[C@H](COP(=O)(O)OC[C@@H](O)COP(=O)(O)OC[C@@H](COC(=O)CCCCCCCCCCC(C)CC)OC(=O)CCCCCCCCCCCC(C)C)OC(=O)CCCCCCCCCCCCCCCCCC(C)C. The molecule has 0 aliphatic carbocycles. The first kappa shape index (κ1) is 96.1. The van der Waals surface area contributed by atoms with Gasteiger partial charge in [0.15, 0.2) is 12.2 Å². The molecule has 0 bridgehead atoms. The Hall–Kier alpha value is -1.94. The zero-order valence-corrected chi connectivity index (χ0v) is 66.0. The van der Waals surface area contributed by atoms with Gasteiger partial charge in [-0.2, -0.15) is 0 Å². The van der Waals surface area contributed by atoms with E-state index in [1.54, 1.807) is 0 Å². The number of aliphatic hydroxyl groups excluding tert-OH is 1. The summed E-state index contributed by atoms with van der Waals surface area (Å²) < 4.78 is 68.7. The summed E-state index contributed by atoms with van der Waals surface area (Å²) in [5.41, 5.74) is 0. The zero-order valence-electron chi connectivity index (χ0n) is 64.3. The Bertz CT molecular complexity index is 1910. The maximum atomic E-state index is 13.1. The Labute approximate surface area is 600 Å². The summed E-state index contributed by atoms with van der Waals surface area (Å²) in [5, 5.41) is 10.6. The van der Waals surface area contributed by atoms with E-state index in [2.05, 4.69) is 48.5 Å². The first-order chi connectivity index (χ1) is 47.3. The second-order valence-electron chi connectivity index (χ2n) is 29.6. The lowest BCUT2D eigenvalue weighted by atomic mass is 9.99. The molecule has 0 amide bonds. The van der Waals surface area contributed by atoms with E-state index < -0.39 is 97.5 Å². The quantitative estimate of drug-likeness (QED) is 0.0222. The van der Waals surface area contributed by atoms with E-state index in [0.29, 0.717) is 25.7 Å². The zero-order chi connectivity index (χ0) is 72.3. The van der Waals surface area contributed by atoms with Gasteiger partial charge < -0.3 is 33.8 Å². The molecule has 0 fully saturated rings. The number of hydrogen-bond acceptors (Lipinski definition) is 15. The summed E-state index contributed by atoms with van der Waals surface area (Å²) in [4.78, 5) is 73.0. The molecule has 0 aliphatic heterocycles. The fraction of sp³-hybridized carbons (Fsp3) is 0.949. The summed E-state index contributed by atoms with van der Waals surface area (Å²) in [6.45, 7) is 11.9. The second kappa shape index (κ2) is 69.4. The van der Waals surface area contributed by atoms with Crippen LogP contribution in [0.1, 0.15) is 408 Å². The van der Waals surface area contributed by atoms with Gasteiger partial charge in [-0.25, -0.2) is 9.13 Å². The Morgan fingerprint density at radius 1 is 0.296 bits per heavy atom. The summed E-state index contributed by atoms with van der Waals surface area (Å²) >= 11 is 0. The summed E-state index contributed by atoms with van der Waals surface area (Å²) in [7, 11) is -9.92. The van der Waals surface area contributed by atoms with Crippen LogP contribution in [0.25, 0.3) is 0 Å². The van der Waals surface area contributed by atoms with Gasteiger partial charge in [0.05, 0.1) is 26.4 Å². The van der Waals surface area contributed by atoms with Crippen LogP contribution in [0.3, 0.4) is 0 Å². The third-order valence-corrected chi connectivity index (χ3v) is 20.6. The minimum atomic E-state index is -4.96. The van der Waals surface area contributed by atoms with E-state index in [0.717, 1.165) is 108 Å². The molecule has 0 rings (SSSR count). The molecule has 0 aromatic rings. The number of carbonyl (C=O) groups excluding carboxylic acids is 4. The van der Waals surface area contributed by atoms with Crippen molar-refractivity contribution in [3.05, 3.63) is 0 Å². The molecular formula is C79H154O17P2. The lowest BCUT2D eigenvalue weighted by molar-refractivity contribution is -0.161. The molecule has 98 heavy (non-hydrogen) atoms. The van der Waals surface area contributed by atoms with Gasteiger partial charge in [-0.05, 0) is 43.4 Å². The van der Waals surface area contributed by atoms with Crippen molar-refractivity contribution >= 4 is 39.5 Å². The third kappa shape index (κ3) is 71.1. The fourth-order valence-corrected chi connectivity index (χ4v) is 13.7. The van der Waals surface area contributed by atoms with Crippen molar-refractivity contribution in [2.24, 2.45) is 17.8 Å². The van der Waals surface area contributed by atoms with Crippen molar-refractivity contribution in [2.75, 3.05) is 39.6 Å². The van der Waals surface area contributed by atoms with Gasteiger partial charge in [-0.1, -0.05) is 357 Å². The number of unbranched alkanes of at least 4 members (excludes halogenated alkanes) is 44. The molecule has 19 heteroatoms. The monoisotopic (exact) mass is 1440 g/mol. The average molecular weight is 1440 g/mol. The van der Waals surface area contributed by atoms with E-state index in [9.17, 15) is 43.2 Å². The molecular weight excluding hydrogens is 1280 g/mol. The molecule has 0 aromatic carbocycles. The maximum Gasteiger partial charge on any atom is 0.472 e. The van der Waals surface area contributed by atoms with Crippen molar-refractivity contribution in [1.82, 2.24) is 0 Å². The smallest absolute Gasteiger partial charge is 0.462 e. The average Bonchev–Trinajstić information content (AvgIpc) is 0.981. The van der Waals surface area contributed by atoms with Crippen LogP contribution in [0.4, 0.5) is 0 Å². The van der Waals surface area contributed by atoms with E-state index in [1.165, 1.54) is 218 Å². The normalized spacial score (nSPS) is 14.3. The molecule has 3 N–H and O–H groups in total. The highest BCUT2D eigenvalue weighted by Gasteiger charge is 2.30. The Morgan fingerprint density at radius 2 is 0.520 bits per heavy atom.